The van der Waals surface area contributed by atoms with Gasteiger partial charge < -0.3 is 10.2 Å². The molecule has 94 valence electrons. The summed E-state index contributed by atoms with van der Waals surface area (Å²) in [6.07, 6.45) is -0.0713. The minimum Gasteiger partial charge on any atom is -0.390 e. The van der Waals surface area contributed by atoms with Crippen LogP contribution in [0.5, 0.6) is 0 Å². The number of nitrogens with one attached hydrogen (secondary N) is 1. The average molecular weight is 247 g/mol. The van der Waals surface area contributed by atoms with Gasteiger partial charge in [0.15, 0.2) is 0 Å². The number of hydrogen-bond acceptors (Lipinski definition) is 4. The molecule has 18 heavy (non-hydrogen) atoms. The molecule has 2 unspecified atom stereocenters. The van der Waals surface area contributed by atoms with Gasteiger partial charge in [0.25, 0.3) is 0 Å². The Kier molecular flexibility index (Phi) is 3.78. The zero-order valence-electron chi connectivity index (χ0n) is 9.56. The van der Waals surface area contributed by atoms with Crippen LogP contribution < -0.4 is 0 Å². The Morgan fingerprint density at radius 1 is 1.44 bits per heavy atom. The van der Waals surface area contributed by atoms with Gasteiger partial charge in [-0.3, -0.25) is 5.10 Å². The molecule has 0 spiro atoms. The molecule has 2 atom stereocenters. The maximum atomic E-state index is 9.97. The van der Waals surface area contributed by atoms with Crippen molar-refractivity contribution >= 4 is 10.9 Å². The van der Waals surface area contributed by atoms with Crippen LogP contribution in [0, 0.1) is 0 Å². The van der Waals surface area contributed by atoms with Gasteiger partial charge >= 0.3 is 0 Å². The summed E-state index contributed by atoms with van der Waals surface area (Å²) in [5, 5.41) is 30.7. The molecule has 0 radical (unpaired) electrons. The first kappa shape index (κ1) is 12.4. The summed E-state index contributed by atoms with van der Waals surface area (Å²) in [7, 11) is 0. The van der Waals surface area contributed by atoms with Gasteiger partial charge in [-0.05, 0) is 23.6 Å². The fraction of sp³-hybridized carbons (Fsp3) is 0.364. The molecular weight excluding hydrogens is 234 g/mol. The first-order valence-electron chi connectivity index (χ1n) is 5.52. The molecule has 0 bridgehead atoms. The molecule has 7 heteroatoms. The van der Waals surface area contributed by atoms with Crippen molar-refractivity contribution in [2.45, 2.75) is 18.6 Å². The van der Waals surface area contributed by atoms with Crippen LogP contribution in [-0.4, -0.2) is 33.1 Å². The van der Waals surface area contributed by atoms with Gasteiger partial charge in [0, 0.05) is 16.8 Å². The molecule has 0 fully saturated rings. The van der Waals surface area contributed by atoms with Crippen LogP contribution in [0.25, 0.3) is 21.3 Å². The summed E-state index contributed by atoms with van der Waals surface area (Å²) in [4.78, 5) is 2.59. The minimum atomic E-state index is -1.01. The summed E-state index contributed by atoms with van der Waals surface area (Å²) < 4.78 is 0. The van der Waals surface area contributed by atoms with Gasteiger partial charge in [0.1, 0.15) is 6.10 Å². The topological polar surface area (TPSA) is 118 Å². The first-order valence-corrected chi connectivity index (χ1v) is 5.52. The number of nitrogens with zero attached hydrogens (tertiary/aromatic N) is 4. The van der Waals surface area contributed by atoms with Gasteiger partial charge in [-0.1, -0.05) is 17.2 Å². The Labute approximate surface area is 103 Å². The molecule has 0 saturated heterocycles. The zero-order chi connectivity index (χ0) is 13.0. The fourth-order valence-corrected chi connectivity index (χ4v) is 1.75. The summed E-state index contributed by atoms with van der Waals surface area (Å²) >= 11 is 0. The van der Waals surface area contributed by atoms with Gasteiger partial charge in [0.2, 0.25) is 0 Å². The highest BCUT2D eigenvalue weighted by Crippen LogP contribution is 2.22. The zero-order valence-corrected chi connectivity index (χ0v) is 9.56. The van der Waals surface area contributed by atoms with Crippen LogP contribution in [0.3, 0.4) is 0 Å². The van der Waals surface area contributed by atoms with E-state index in [1.54, 1.807) is 18.3 Å². The molecule has 1 heterocycles. The summed E-state index contributed by atoms with van der Waals surface area (Å²) in [6, 6.07) is 5.29. The van der Waals surface area contributed by atoms with E-state index in [1.807, 2.05) is 6.07 Å². The predicted molar refractivity (Wildman–Crippen MR) is 65.7 cm³/mol. The number of azide groups is 1. The highest BCUT2D eigenvalue weighted by atomic mass is 16.3. The lowest BCUT2D eigenvalue weighted by Gasteiger charge is -2.17. The van der Waals surface area contributed by atoms with Crippen molar-refractivity contribution in [1.29, 1.82) is 0 Å². The van der Waals surface area contributed by atoms with Crippen molar-refractivity contribution in [3.8, 4) is 0 Å². The lowest BCUT2D eigenvalue weighted by molar-refractivity contribution is 0.0151. The lowest BCUT2D eigenvalue weighted by Crippen LogP contribution is -2.19. The number of hydrogen-bond donors (Lipinski definition) is 3. The third-order valence-corrected chi connectivity index (χ3v) is 2.76. The van der Waals surface area contributed by atoms with Crippen molar-refractivity contribution in [2.24, 2.45) is 5.11 Å². The second-order valence-electron chi connectivity index (χ2n) is 3.97. The number of aliphatic hydroxyl groups is 2. The van der Waals surface area contributed by atoms with E-state index in [0.29, 0.717) is 5.56 Å². The van der Waals surface area contributed by atoms with Crippen molar-refractivity contribution in [2.75, 3.05) is 6.54 Å². The van der Waals surface area contributed by atoms with Crippen molar-refractivity contribution < 1.29 is 10.2 Å². The Morgan fingerprint density at radius 3 is 3.06 bits per heavy atom. The molecule has 0 saturated carbocycles. The molecule has 2 aromatic rings. The summed E-state index contributed by atoms with van der Waals surface area (Å²) in [5.74, 6) is 0. The Balaban J connectivity index is 2.11. The van der Waals surface area contributed by atoms with Gasteiger partial charge in [-0.2, -0.15) is 5.10 Å². The van der Waals surface area contributed by atoms with E-state index in [0.717, 1.165) is 10.9 Å². The largest absolute Gasteiger partial charge is 0.390 e. The van der Waals surface area contributed by atoms with E-state index in [2.05, 4.69) is 20.2 Å². The number of fused-ring (bicyclic) bond motifs is 1. The molecule has 7 nitrogen and oxygen atoms in total. The molecule has 0 aliphatic rings. The quantitative estimate of drug-likeness (QED) is 0.423. The minimum absolute atomic E-state index is 0.154. The van der Waals surface area contributed by atoms with Crippen LogP contribution in [0.2, 0.25) is 0 Å². The molecule has 0 aliphatic heterocycles. The van der Waals surface area contributed by atoms with Crippen LogP contribution >= 0.6 is 0 Å². The Hall–Kier alpha value is -2.08. The predicted octanol–water partition coefficient (Wildman–Crippen LogP) is 1.66. The molecule has 0 amide bonds. The van der Waals surface area contributed by atoms with Crippen LogP contribution in [-0.2, 0) is 0 Å². The third kappa shape index (κ3) is 2.60. The molecule has 1 aromatic heterocycles. The fourth-order valence-electron chi connectivity index (χ4n) is 1.75. The monoisotopic (exact) mass is 247 g/mol. The maximum absolute atomic E-state index is 9.97. The molecule has 1 aromatic carbocycles. The van der Waals surface area contributed by atoms with E-state index < -0.39 is 12.2 Å². The van der Waals surface area contributed by atoms with E-state index in [1.165, 1.54) is 0 Å². The second kappa shape index (κ2) is 5.50. The van der Waals surface area contributed by atoms with E-state index in [4.69, 9.17) is 5.53 Å². The lowest BCUT2D eigenvalue weighted by atomic mass is 10.0. The smallest absolute Gasteiger partial charge is 0.105 e. The SMILES string of the molecule is [N-]=[N+]=NCCC(O)C(O)c1ccc2cn[nH]c2c1. The number of benzene rings is 1. The van der Waals surface area contributed by atoms with Gasteiger partial charge in [0.05, 0.1) is 17.8 Å². The number of H-pyrrole nitrogens is 1. The third-order valence-electron chi connectivity index (χ3n) is 2.76. The highest BCUT2D eigenvalue weighted by Gasteiger charge is 2.18. The summed E-state index contributed by atoms with van der Waals surface area (Å²) in [5.41, 5.74) is 9.53. The number of rotatable bonds is 5. The number of aromatic amines is 1. The van der Waals surface area contributed by atoms with E-state index >= 15 is 0 Å². The van der Waals surface area contributed by atoms with Crippen LogP contribution in [0.1, 0.15) is 18.1 Å². The standard InChI is InChI=1S/C11H13N5O2/c12-16-13-4-3-10(17)11(18)7-1-2-8-6-14-15-9(8)5-7/h1-2,5-6,10-11,17-18H,3-4H2,(H,14,15). The molecule has 2 rings (SSSR count). The number of aromatic nitrogens is 2. The Morgan fingerprint density at radius 2 is 2.28 bits per heavy atom. The number of aliphatic hydroxyl groups excluding tert-OH is 2. The summed E-state index contributed by atoms with van der Waals surface area (Å²) in [6.45, 7) is 0.154. The first-order chi connectivity index (χ1) is 8.72. The highest BCUT2D eigenvalue weighted by molar-refractivity contribution is 5.78. The van der Waals surface area contributed by atoms with Gasteiger partial charge in [-0.15, -0.1) is 0 Å². The normalized spacial score (nSPS) is 14.1. The van der Waals surface area contributed by atoms with Crippen molar-refractivity contribution in [3.05, 3.63) is 40.4 Å². The maximum Gasteiger partial charge on any atom is 0.105 e. The van der Waals surface area contributed by atoms with Crippen molar-refractivity contribution in [1.82, 2.24) is 10.2 Å². The molecule has 3 N–H and O–H groups in total. The van der Waals surface area contributed by atoms with Crippen molar-refractivity contribution in [3.63, 3.8) is 0 Å². The van der Waals surface area contributed by atoms with Crippen LogP contribution in [0.15, 0.2) is 29.5 Å². The van der Waals surface area contributed by atoms with E-state index in [-0.39, 0.29) is 13.0 Å². The van der Waals surface area contributed by atoms with Crippen LogP contribution in [0.4, 0.5) is 0 Å². The second-order valence-corrected chi connectivity index (χ2v) is 3.97. The van der Waals surface area contributed by atoms with E-state index in [9.17, 15) is 10.2 Å². The van der Waals surface area contributed by atoms with Gasteiger partial charge in [-0.25, -0.2) is 0 Å². The Bertz CT molecular complexity index is 576. The molecular formula is C11H13N5O2. The average Bonchev–Trinajstić information content (AvgIpc) is 2.85. The molecule has 0 aliphatic carbocycles.